The number of hydrogen-bond donors (Lipinski definition) is 0. The van der Waals surface area contributed by atoms with E-state index in [0.29, 0.717) is 6.92 Å². The quantitative estimate of drug-likeness (QED) is 0.113. The highest BCUT2D eigenvalue weighted by atomic mass is 32.2. The Bertz CT molecular complexity index is 3120. The average Bonchev–Trinajstić information content (AvgIpc) is 3.69. The van der Waals surface area contributed by atoms with Crippen LogP contribution in [0.15, 0.2) is 32.3 Å². The summed E-state index contributed by atoms with van der Waals surface area (Å²) < 4.78 is 301. The van der Waals surface area contributed by atoms with E-state index in [1.54, 1.807) is 0 Å². The molecule has 0 spiro atoms. The number of allylic oxidation sites excluding steroid dienone is 3. The molecule has 0 unspecified atom stereocenters. The molecule has 0 bridgehead atoms. The lowest BCUT2D eigenvalue weighted by atomic mass is 9.85. The van der Waals surface area contributed by atoms with Crippen molar-refractivity contribution < 1.29 is 91.5 Å². The lowest BCUT2D eigenvalue weighted by Gasteiger charge is -2.21. The lowest BCUT2D eigenvalue weighted by Crippen LogP contribution is -2.30. The Morgan fingerprint density at radius 1 is 0.557 bits per heavy atom. The van der Waals surface area contributed by atoms with Crippen molar-refractivity contribution in [1.29, 1.82) is 10.5 Å². The molecule has 0 N–H and O–H groups in total. The Labute approximate surface area is 327 Å². The summed E-state index contributed by atoms with van der Waals surface area (Å²) in [6, 6.07) is 1.89. The highest BCUT2D eigenvalue weighted by Crippen LogP contribution is 2.48. The molecule has 8 nitrogen and oxygen atoms in total. The summed E-state index contributed by atoms with van der Waals surface area (Å²) in [5.74, 6) is -27.7. The second kappa shape index (κ2) is 14.3. The molecule has 318 valence electrons. The second-order valence-electron chi connectivity index (χ2n) is 12.2. The van der Waals surface area contributed by atoms with Gasteiger partial charge in [-0.25, -0.2) is 52.0 Å². The number of nitrogens with zero attached hydrogens (tertiary/aromatic N) is 4. The number of rotatable bonds is 4. The van der Waals surface area contributed by atoms with Crippen LogP contribution in [0.5, 0.6) is 0 Å². The number of nitriles is 2. The largest absolute Gasteiger partial charge is 0.523 e. The second-order valence-corrected chi connectivity index (χ2v) is 16.0. The third-order valence-electron chi connectivity index (χ3n) is 9.18. The maximum absolute atomic E-state index is 16.1. The standard InChI is InChI=1S/C34H7F17N4O4S2/c1-8-10(31(54-2)55-3)4-12-14(8)15(18-21(35)25(39)29(26(40)22(18)36)60(56,57)33(46,47)48)13-5-11(9(6-52)7-53)20(32(43,44)45)17(13)16(12)19-23(37)27(41)30(28(42)24(19)38)61(58,59)34(49,50)51/h4-5H2,1H3. The van der Waals surface area contributed by atoms with E-state index in [2.05, 4.69) is 9.69 Å². The molecule has 0 amide bonds. The lowest BCUT2D eigenvalue weighted by molar-refractivity contribution is -0.0695. The molecule has 3 aromatic carbocycles. The molecule has 0 saturated heterocycles. The maximum atomic E-state index is 16.1. The molecule has 2 aliphatic rings. The van der Waals surface area contributed by atoms with Gasteiger partial charge in [-0.15, -0.1) is 0 Å². The van der Waals surface area contributed by atoms with E-state index in [1.807, 2.05) is 0 Å². The molecule has 0 fully saturated rings. The minimum Gasteiger partial charge on any atom is -0.214 e. The van der Waals surface area contributed by atoms with E-state index in [4.69, 9.17) is 13.1 Å². The number of hydrogen-bond acceptors (Lipinski definition) is 6. The molecule has 0 aliphatic heterocycles. The normalized spacial score (nSPS) is 14.3. The summed E-state index contributed by atoms with van der Waals surface area (Å²) >= 11 is 0. The van der Waals surface area contributed by atoms with Crippen LogP contribution in [0.25, 0.3) is 43.1 Å². The Balaban J connectivity index is 2.30. The molecule has 0 heterocycles. The molecule has 0 radical (unpaired) electrons. The van der Waals surface area contributed by atoms with Crippen molar-refractivity contribution >= 4 is 30.8 Å². The Kier molecular flexibility index (Phi) is 10.7. The van der Waals surface area contributed by atoms with E-state index < -0.39 is 184 Å². The van der Waals surface area contributed by atoms with Crippen LogP contribution in [0.4, 0.5) is 74.6 Å². The SMILES string of the molecule is [C-]#[N+]C([N+]#[C-])=C1Cc2c(-c3c(F)c(F)c(S(=O)(=O)C(F)(F)F)c(F)c3F)c3c(c(-c4c(F)c(F)c(S(=O)(=O)C(F)(F)F)c(F)c4F)c2=C1C)CC(=C(C#N)C#N)C=3C(F)(F)F. The molecule has 0 atom stereocenters. The van der Waals surface area contributed by atoms with E-state index >= 15 is 48.3 Å². The summed E-state index contributed by atoms with van der Waals surface area (Å²) in [5, 5.41) is 15.7. The summed E-state index contributed by atoms with van der Waals surface area (Å²) in [4.78, 5) is -1.19. The van der Waals surface area contributed by atoms with Crippen molar-refractivity contribution in [1.82, 2.24) is 0 Å². The Hall–Kier alpha value is -6.45. The van der Waals surface area contributed by atoms with Crippen LogP contribution in [0, 0.1) is 82.3 Å². The number of halogens is 17. The topological polar surface area (TPSA) is 125 Å². The van der Waals surface area contributed by atoms with E-state index in [0.717, 1.165) is 12.1 Å². The monoisotopic (exact) mass is 922 g/mol. The fourth-order valence-electron chi connectivity index (χ4n) is 6.78. The van der Waals surface area contributed by atoms with Gasteiger partial charge in [-0.2, -0.15) is 59.7 Å². The van der Waals surface area contributed by atoms with Crippen LogP contribution >= 0.6 is 0 Å². The molecular weight excluding hydrogens is 915 g/mol. The van der Waals surface area contributed by atoms with Crippen LogP contribution in [0.3, 0.4) is 0 Å². The van der Waals surface area contributed by atoms with Crippen molar-refractivity contribution in [3.05, 3.63) is 113 Å². The number of benzene rings is 3. The fourth-order valence-corrected chi connectivity index (χ4v) is 8.55. The van der Waals surface area contributed by atoms with Crippen molar-refractivity contribution in [2.75, 3.05) is 0 Å². The number of alkyl halides is 9. The summed E-state index contributed by atoms with van der Waals surface area (Å²) in [6.07, 6.45) is -9.46. The smallest absolute Gasteiger partial charge is 0.214 e. The minimum atomic E-state index is -7.43. The predicted octanol–water partition coefficient (Wildman–Crippen LogP) is 8.11. The van der Waals surface area contributed by atoms with Gasteiger partial charge in [0, 0.05) is 12.0 Å². The molecule has 2 aliphatic carbocycles. The first-order valence-corrected chi connectivity index (χ1v) is 18.2. The minimum absolute atomic E-state index is 0.672. The average molecular weight is 923 g/mol. The van der Waals surface area contributed by atoms with Crippen molar-refractivity contribution in [3.8, 4) is 34.4 Å². The molecular formula is C34H7F17N4O4S2. The van der Waals surface area contributed by atoms with E-state index in [-0.39, 0.29) is 0 Å². The highest BCUT2D eigenvalue weighted by molar-refractivity contribution is 7.92. The van der Waals surface area contributed by atoms with Gasteiger partial charge in [-0.3, -0.25) is 0 Å². The van der Waals surface area contributed by atoms with Gasteiger partial charge in [-0.1, -0.05) is 0 Å². The third kappa shape index (κ3) is 6.36. The van der Waals surface area contributed by atoms with Gasteiger partial charge < -0.3 is 0 Å². The van der Waals surface area contributed by atoms with Crippen molar-refractivity contribution in [3.63, 3.8) is 0 Å². The van der Waals surface area contributed by atoms with Gasteiger partial charge in [-0.05, 0) is 51.6 Å². The third-order valence-corrected chi connectivity index (χ3v) is 12.2. The first-order chi connectivity index (χ1) is 27.8. The van der Waals surface area contributed by atoms with Gasteiger partial charge in [0.15, 0.2) is 56.3 Å². The van der Waals surface area contributed by atoms with E-state index in [9.17, 15) is 53.7 Å². The van der Waals surface area contributed by atoms with Crippen LogP contribution in [-0.2, 0) is 32.5 Å². The van der Waals surface area contributed by atoms with Gasteiger partial charge in [0.2, 0.25) is 0 Å². The zero-order chi connectivity index (χ0) is 46.6. The van der Waals surface area contributed by atoms with Gasteiger partial charge in [0.1, 0.15) is 30.9 Å². The first-order valence-electron chi connectivity index (χ1n) is 15.2. The Morgan fingerprint density at radius 2 is 0.885 bits per heavy atom. The van der Waals surface area contributed by atoms with Crippen LogP contribution in [0.1, 0.15) is 18.1 Å². The van der Waals surface area contributed by atoms with Gasteiger partial charge in [0.05, 0.1) is 22.3 Å². The summed E-state index contributed by atoms with van der Waals surface area (Å²) in [6.45, 7) is 15.3. The number of sulfone groups is 2. The maximum Gasteiger partial charge on any atom is 0.523 e. The number of fused-ring (bicyclic) bond motifs is 2. The molecule has 0 aromatic heterocycles. The summed E-state index contributed by atoms with van der Waals surface area (Å²) in [5.41, 5.74) is -32.8. The predicted molar refractivity (Wildman–Crippen MR) is 167 cm³/mol. The van der Waals surface area contributed by atoms with Gasteiger partial charge >= 0.3 is 23.0 Å². The molecule has 0 saturated carbocycles. The fraction of sp³-hybridized carbons (Fsp3) is 0.176. The van der Waals surface area contributed by atoms with Crippen molar-refractivity contribution in [2.24, 2.45) is 0 Å². The van der Waals surface area contributed by atoms with Crippen LogP contribution in [-0.4, -0.2) is 34.0 Å². The zero-order valence-electron chi connectivity index (χ0n) is 28.6. The molecule has 61 heavy (non-hydrogen) atoms. The highest BCUT2D eigenvalue weighted by Gasteiger charge is 2.54. The first kappa shape index (κ1) is 45.6. The molecule has 5 rings (SSSR count). The Morgan fingerprint density at radius 3 is 1.20 bits per heavy atom. The van der Waals surface area contributed by atoms with E-state index in [1.165, 1.54) is 0 Å². The molecule has 3 aromatic rings. The van der Waals surface area contributed by atoms with Gasteiger partial charge in [0.25, 0.3) is 19.7 Å². The zero-order valence-corrected chi connectivity index (χ0v) is 30.2. The van der Waals surface area contributed by atoms with Crippen molar-refractivity contribution in [2.45, 2.75) is 46.7 Å². The van der Waals surface area contributed by atoms with Crippen LogP contribution in [0.2, 0.25) is 0 Å². The summed E-state index contributed by atoms with van der Waals surface area (Å²) in [7, 11) is -14.8. The molecule has 27 heteroatoms. The van der Waals surface area contributed by atoms with Crippen LogP contribution < -0.4 is 10.4 Å².